The van der Waals surface area contributed by atoms with Gasteiger partial charge in [0.25, 0.3) is 0 Å². The first-order valence-corrected chi connectivity index (χ1v) is 3.09. The van der Waals surface area contributed by atoms with Gasteiger partial charge in [-0.2, -0.15) is 0 Å². The van der Waals surface area contributed by atoms with Crippen molar-refractivity contribution >= 4 is 0 Å². The van der Waals surface area contributed by atoms with Crippen molar-refractivity contribution < 1.29 is 4.74 Å². The van der Waals surface area contributed by atoms with Crippen LogP contribution in [0.5, 0.6) is 0 Å². The van der Waals surface area contributed by atoms with Crippen molar-refractivity contribution in [2.45, 2.75) is 32.5 Å². The van der Waals surface area contributed by atoms with Crippen molar-refractivity contribution in [2.75, 3.05) is 0 Å². The minimum absolute atomic E-state index is 0.0926. The van der Waals surface area contributed by atoms with Crippen LogP contribution in [-0.2, 0) is 4.74 Å². The van der Waals surface area contributed by atoms with Crippen LogP contribution in [-0.4, -0.2) is 11.7 Å². The summed E-state index contributed by atoms with van der Waals surface area (Å²) in [5.41, 5.74) is -0.111. The highest BCUT2D eigenvalue weighted by Crippen LogP contribution is 2.09. The highest BCUT2D eigenvalue weighted by molar-refractivity contribution is 4.83. The zero-order valence-corrected chi connectivity index (χ0v) is 6.48. The molecule has 0 aliphatic rings. The zero-order chi connectivity index (χ0) is 7.49. The van der Waals surface area contributed by atoms with E-state index in [1.54, 1.807) is 6.08 Å². The smallest absolute Gasteiger partial charge is 0.0761 e. The van der Waals surface area contributed by atoms with Gasteiger partial charge in [0, 0.05) is 0 Å². The van der Waals surface area contributed by atoms with Crippen LogP contribution < -0.4 is 0 Å². The van der Waals surface area contributed by atoms with Gasteiger partial charge < -0.3 is 4.74 Å². The molecular weight excluding hydrogens is 112 g/mol. The Labute approximate surface area is 57.7 Å². The number of hydrogen-bond donors (Lipinski definition) is 0. The van der Waals surface area contributed by atoms with Gasteiger partial charge in [0.05, 0.1) is 11.7 Å². The van der Waals surface area contributed by atoms with E-state index in [2.05, 4.69) is 13.5 Å². The highest BCUT2D eigenvalue weighted by atomic mass is 16.5. The van der Waals surface area contributed by atoms with Crippen LogP contribution in [0.3, 0.4) is 0 Å². The monoisotopic (exact) mass is 127 g/mol. The predicted molar refractivity (Wildman–Crippen MR) is 40.2 cm³/mol. The average Bonchev–Trinajstić information content (AvgIpc) is 1.62. The SMILES string of the molecule is [CH2]C(C=C)OC(C)(C)C. The molecule has 0 aromatic carbocycles. The van der Waals surface area contributed by atoms with Crippen molar-refractivity contribution in [1.82, 2.24) is 0 Å². The summed E-state index contributed by atoms with van der Waals surface area (Å²) in [4.78, 5) is 0. The summed E-state index contributed by atoms with van der Waals surface area (Å²) < 4.78 is 5.36. The molecular formula is C8H15O. The van der Waals surface area contributed by atoms with Gasteiger partial charge in [0.2, 0.25) is 0 Å². The Hall–Kier alpha value is -0.300. The van der Waals surface area contributed by atoms with Gasteiger partial charge >= 0.3 is 0 Å². The van der Waals surface area contributed by atoms with E-state index in [9.17, 15) is 0 Å². The molecule has 0 N–H and O–H groups in total. The van der Waals surface area contributed by atoms with Crippen LogP contribution in [0.1, 0.15) is 20.8 Å². The number of rotatable bonds is 2. The van der Waals surface area contributed by atoms with E-state index in [4.69, 9.17) is 4.74 Å². The van der Waals surface area contributed by atoms with Crippen molar-refractivity contribution in [3.8, 4) is 0 Å². The zero-order valence-electron chi connectivity index (χ0n) is 6.48. The standard InChI is InChI=1S/C8H15O/c1-6-7(2)9-8(3,4)5/h6-7H,1-2H2,3-5H3. The first kappa shape index (κ1) is 8.70. The second-order valence-electron chi connectivity index (χ2n) is 3.00. The van der Waals surface area contributed by atoms with Gasteiger partial charge in [0.1, 0.15) is 0 Å². The van der Waals surface area contributed by atoms with Crippen molar-refractivity contribution in [2.24, 2.45) is 0 Å². The van der Waals surface area contributed by atoms with Crippen LogP contribution in [0.25, 0.3) is 0 Å². The average molecular weight is 127 g/mol. The maximum Gasteiger partial charge on any atom is 0.0761 e. The number of hydrogen-bond acceptors (Lipinski definition) is 1. The maximum atomic E-state index is 5.36. The van der Waals surface area contributed by atoms with Gasteiger partial charge in [0.15, 0.2) is 0 Å². The van der Waals surface area contributed by atoms with E-state index >= 15 is 0 Å². The molecule has 0 rings (SSSR count). The van der Waals surface area contributed by atoms with Gasteiger partial charge in [-0.05, 0) is 27.7 Å². The van der Waals surface area contributed by atoms with Crippen LogP contribution in [0.15, 0.2) is 12.7 Å². The van der Waals surface area contributed by atoms with Crippen LogP contribution in [0.4, 0.5) is 0 Å². The number of ether oxygens (including phenoxy) is 1. The Bertz CT molecular complexity index is 89.2. The molecule has 0 aliphatic heterocycles. The van der Waals surface area contributed by atoms with E-state index in [-0.39, 0.29) is 11.7 Å². The molecule has 1 heteroatoms. The lowest BCUT2D eigenvalue weighted by Crippen LogP contribution is -2.24. The maximum absolute atomic E-state index is 5.36. The Kier molecular flexibility index (Phi) is 2.92. The summed E-state index contributed by atoms with van der Waals surface area (Å²) in [6.07, 6.45) is 1.59. The molecule has 0 saturated heterocycles. The molecule has 53 valence electrons. The lowest BCUT2D eigenvalue weighted by Gasteiger charge is -2.22. The third-order valence-electron chi connectivity index (χ3n) is 0.768. The summed E-state index contributed by atoms with van der Waals surface area (Å²) >= 11 is 0. The third kappa shape index (κ3) is 5.57. The summed E-state index contributed by atoms with van der Waals surface area (Å²) in [6.45, 7) is 13.2. The fourth-order valence-electron chi connectivity index (χ4n) is 0.502. The Morgan fingerprint density at radius 3 is 2.00 bits per heavy atom. The van der Waals surface area contributed by atoms with Crippen molar-refractivity contribution in [3.05, 3.63) is 19.6 Å². The third-order valence-corrected chi connectivity index (χ3v) is 0.768. The molecule has 0 aromatic rings. The van der Waals surface area contributed by atoms with Gasteiger partial charge in [-0.3, -0.25) is 0 Å². The molecule has 1 radical (unpaired) electrons. The minimum atomic E-state index is -0.111. The van der Waals surface area contributed by atoms with Crippen LogP contribution >= 0.6 is 0 Å². The fourth-order valence-corrected chi connectivity index (χ4v) is 0.502. The van der Waals surface area contributed by atoms with Gasteiger partial charge in [-0.25, -0.2) is 0 Å². The summed E-state index contributed by atoms with van der Waals surface area (Å²) in [7, 11) is 0. The second-order valence-corrected chi connectivity index (χ2v) is 3.00. The van der Waals surface area contributed by atoms with E-state index in [1.807, 2.05) is 20.8 Å². The lowest BCUT2D eigenvalue weighted by molar-refractivity contribution is -0.0189. The van der Waals surface area contributed by atoms with E-state index < -0.39 is 0 Å². The first-order chi connectivity index (χ1) is 3.95. The second kappa shape index (κ2) is 3.02. The molecule has 9 heavy (non-hydrogen) atoms. The Balaban J connectivity index is 3.59. The summed E-state index contributed by atoms with van der Waals surface area (Å²) in [5.74, 6) is 0. The Morgan fingerprint density at radius 2 is 1.89 bits per heavy atom. The van der Waals surface area contributed by atoms with Gasteiger partial charge in [-0.15, -0.1) is 6.58 Å². The van der Waals surface area contributed by atoms with E-state index in [1.165, 1.54) is 0 Å². The lowest BCUT2D eigenvalue weighted by atomic mass is 10.2. The normalized spacial score (nSPS) is 15.1. The van der Waals surface area contributed by atoms with Gasteiger partial charge in [-0.1, -0.05) is 6.08 Å². The molecule has 0 bridgehead atoms. The topological polar surface area (TPSA) is 9.23 Å². The molecule has 0 heterocycles. The Morgan fingerprint density at radius 1 is 1.44 bits per heavy atom. The molecule has 0 saturated carbocycles. The highest BCUT2D eigenvalue weighted by Gasteiger charge is 2.12. The molecule has 0 spiro atoms. The minimum Gasteiger partial charge on any atom is -0.369 e. The predicted octanol–water partition coefficient (Wildman–Crippen LogP) is 2.19. The molecule has 1 nitrogen and oxygen atoms in total. The van der Waals surface area contributed by atoms with E-state index in [0.29, 0.717) is 0 Å². The van der Waals surface area contributed by atoms with Crippen LogP contribution in [0, 0.1) is 6.92 Å². The fraction of sp³-hybridized carbons (Fsp3) is 0.625. The quantitative estimate of drug-likeness (QED) is 0.517. The molecule has 0 amide bonds. The van der Waals surface area contributed by atoms with E-state index in [0.717, 1.165) is 0 Å². The summed E-state index contributed by atoms with van der Waals surface area (Å²) in [5, 5.41) is 0. The molecule has 1 unspecified atom stereocenters. The molecule has 0 fully saturated rings. The van der Waals surface area contributed by atoms with Crippen molar-refractivity contribution in [1.29, 1.82) is 0 Å². The summed E-state index contributed by atoms with van der Waals surface area (Å²) in [6, 6.07) is 0. The van der Waals surface area contributed by atoms with Crippen LogP contribution in [0.2, 0.25) is 0 Å². The first-order valence-electron chi connectivity index (χ1n) is 3.09. The molecule has 0 aliphatic carbocycles. The van der Waals surface area contributed by atoms with Crippen molar-refractivity contribution in [3.63, 3.8) is 0 Å². The molecule has 0 aromatic heterocycles. The largest absolute Gasteiger partial charge is 0.369 e. The molecule has 1 atom stereocenters.